The van der Waals surface area contributed by atoms with Gasteiger partial charge in [0.15, 0.2) is 5.82 Å². The number of rotatable bonds is 8. The Bertz CT molecular complexity index is 1140. The molecule has 0 saturated carbocycles. The predicted octanol–water partition coefficient (Wildman–Crippen LogP) is 2.59. The minimum absolute atomic E-state index is 0.341. The predicted molar refractivity (Wildman–Crippen MR) is 135 cm³/mol. The molecule has 1 fully saturated rings. The maximum absolute atomic E-state index is 10.7. The lowest BCUT2D eigenvalue weighted by Crippen LogP contribution is -2.39. The van der Waals surface area contributed by atoms with E-state index in [0.29, 0.717) is 30.9 Å². The summed E-state index contributed by atoms with van der Waals surface area (Å²) in [7, 11) is 0. The van der Waals surface area contributed by atoms with Gasteiger partial charge in [-0.1, -0.05) is 30.8 Å². The van der Waals surface area contributed by atoms with E-state index in [4.69, 9.17) is 4.98 Å². The van der Waals surface area contributed by atoms with Crippen molar-refractivity contribution in [3.63, 3.8) is 0 Å². The van der Waals surface area contributed by atoms with Gasteiger partial charge in [-0.3, -0.25) is 10.00 Å². The first kappa shape index (κ1) is 22.6. The van der Waals surface area contributed by atoms with Crippen LogP contribution in [0.1, 0.15) is 30.9 Å². The summed E-state index contributed by atoms with van der Waals surface area (Å²) in [6.07, 6.45) is 4.33. The summed E-state index contributed by atoms with van der Waals surface area (Å²) in [5, 5.41) is 24.7. The molecular weight excluding hydrogens is 428 g/mol. The van der Waals surface area contributed by atoms with Gasteiger partial charge in [-0.2, -0.15) is 5.10 Å². The zero-order valence-electron chi connectivity index (χ0n) is 19.8. The van der Waals surface area contributed by atoms with Gasteiger partial charge < -0.3 is 20.6 Å². The summed E-state index contributed by atoms with van der Waals surface area (Å²) in [6, 6.07) is 8.89. The van der Waals surface area contributed by atoms with Gasteiger partial charge in [-0.25, -0.2) is 9.97 Å². The molecule has 3 aromatic rings. The zero-order valence-corrected chi connectivity index (χ0v) is 19.8. The number of aliphatic hydroxyl groups excluding tert-OH is 1. The summed E-state index contributed by atoms with van der Waals surface area (Å²) in [5.74, 6) is 1.25. The monoisotopic (exact) mass is 462 g/mol. The van der Waals surface area contributed by atoms with E-state index in [0.717, 1.165) is 62.2 Å². The van der Waals surface area contributed by atoms with Crippen LogP contribution < -0.4 is 10.6 Å². The Balaban J connectivity index is 1.16. The van der Waals surface area contributed by atoms with Gasteiger partial charge in [0.25, 0.3) is 0 Å². The Labute approximate surface area is 200 Å². The first-order valence-corrected chi connectivity index (χ1v) is 12.1. The van der Waals surface area contributed by atoms with Crippen LogP contribution in [0.15, 0.2) is 42.7 Å². The number of β-amino-alcohol motifs (C(OH)–C–C–N with tert-alkyl or cyclic N) is 1. The summed E-state index contributed by atoms with van der Waals surface area (Å²) in [6.45, 7) is 11.0. The van der Waals surface area contributed by atoms with Crippen LogP contribution in [-0.4, -0.2) is 79.9 Å². The number of nitrogens with one attached hydrogen (secondary N) is 3. The number of likely N-dealkylation sites (tertiary alicyclic amines) is 1. The maximum atomic E-state index is 10.7. The molecule has 180 valence electrons. The van der Waals surface area contributed by atoms with Crippen LogP contribution in [0.4, 0.5) is 11.8 Å². The van der Waals surface area contributed by atoms with E-state index in [9.17, 15) is 5.11 Å². The van der Waals surface area contributed by atoms with E-state index in [1.807, 2.05) is 0 Å². The first-order valence-electron chi connectivity index (χ1n) is 12.1. The van der Waals surface area contributed by atoms with Crippen LogP contribution in [0.2, 0.25) is 0 Å². The molecule has 2 aliphatic rings. The molecule has 1 unspecified atom stereocenters. The maximum Gasteiger partial charge on any atom is 0.223 e. The van der Waals surface area contributed by atoms with E-state index < -0.39 is 6.10 Å². The van der Waals surface area contributed by atoms with Crippen molar-refractivity contribution < 1.29 is 5.11 Å². The molecule has 4 N–H and O–H groups in total. The van der Waals surface area contributed by atoms with E-state index >= 15 is 0 Å². The van der Waals surface area contributed by atoms with Crippen LogP contribution in [0.5, 0.6) is 0 Å². The fraction of sp³-hybridized carbons (Fsp3) is 0.480. The van der Waals surface area contributed by atoms with E-state index in [1.165, 1.54) is 11.1 Å². The van der Waals surface area contributed by atoms with Crippen molar-refractivity contribution in [2.75, 3.05) is 43.4 Å². The highest BCUT2D eigenvalue weighted by Gasteiger charge is 2.21. The SMILES string of the molecule is C=C(C)N1CCC(Nc2ncc3[nH]nc(NCC(O)CN4CCc5ccccc5C4)c3n2)CC1. The lowest BCUT2D eigenvalue weighted by Gasteiger charge is -2.33. The number of nitrogens with zero attached hydrogens (tertiary/aromatic N) is 5. The number of benzene rings is 1. The third-order valence-corrected chi connectivity index (χ3v) is 6.85. The van der Waals surface area contributed by atoms with Gasteiger partial charge in [0.05, 0.1) is 12.3 Å². The summed E-state index contributed by atoms with van der Waals surface area (Å²) in [4.78, 5) is 13.8. The molecular formula is C25H34N8O. The first-order chi connectivity index (χ1) is 16.5. The summed E-state index contributed by atoms with van der Waals surface area (Å²) < 4.78 is 0. The van der Waals surface area contributed by atoms with Gasteiger partial charge in [-0.05, 0) is 37.3 Å². The summed E-state index contributed by atoms with van der Waals surface area (Å²) >= 11 is 0. The molecule has 0 aliphatic carbocycles. The Morgan fingerprint density at radius 1 is 1.24 bits per heavy atom. The Morgan fingerprint density at radius 2 is 2.03 bits per heavy atom. The molecule has 2 aromatic heterocycles. The lowest BCUT2D eigenvalue weighted by molar-refractivity contribution is 0.114. The average molecular weight is 463 g/mol. The molecule has 2 aliphatic heterocycles. The van der Waals surface area contributed by atoms with Crippen molar-refractivity contribution in [2.45, 2.75) is 44.9 Å². The number of allylic oxidation sites excluding steroid dienone is 1. The highest BCUT2D eigenvalue weighted by atomic mass is 16.3. The topological polar surface area (TPSA) is 105 Å². The van der Waals surface area contributed by atoms with Gasteiger partial charge in [0.2, 0.25) is 5.95 Å². The lowest BCUT2D eigenvalue weighted by atomic mass is 10.00. The highest BCUT2D eigenvalue weighted by Crippen LogP contribution is 2.22. The molecule has 0 bridgehead atoms. The Kier molecular flexibility index (Phi) is 6.64. The second-order valence-electron chi connectivity index (χ2n) is 9.46. The van der Waals surface area contributed by atoms with Crippen molar-refractivity contribution in [3.05, 3.63) is 53.9 Å². The second kappa shape index (κ2) is 9.99. The smallest absolute Gasteiger partial charge is 0.223 e. The number of anilines is 2. The van der Waals surface area contributed by atoms with E-state index in [-0.39, 0.29) is 0 Å². The fourth-order valence-corrected chi connectivity index (χ4v) is 4.88. The quantitative estimate of drug-likeness (QED) is 0.405. The zero-order chi connectivity index (χ0) is 23.5. The largest absolute Gasteiger partial charge is 0.390 e. The van der Waals surface area contributed by atoms with E-state index in [2.05, 4.69) is 73.4 Å². The number of piperidine rings is 1. The van der Waals surface area contributed by atoms with Gasteiger partial charge in [0, 0.05) is 51.0 Å². The third-order valence-electron chi connectivity index (χ3n) is 6.85. The average Bonchev–Trinajstić information content (AvgIpc) is 3.25. The van der Waals surface area contributed by atoms with Crippen molar-refractivity contribution in [1.82, 2.24) is 30.0 Å². The van der Waals surface area contributed by atoms with Gasteiger partial charge in [0.1, 0.15) is 11.0 Å². The molecule has 9 heteroatoms. The number of hydrogen-bond acceptors (Lipinski definition) is 8. The van der Waals surface area contributed by atoms with Crippen molar-refractivity contribution >= 4 is 22.8 Å². The molecule has 9 nitrogen and oxygen atoms in total. The normalized spacial score (nSPS) is 18.0. The molecule has 1 atom stereocenters. The number of aromatic amines is 1. The van der Waals surface area contributed by atoms with Crippen LogP contribution in [-0.2, 0) is 13.0 Å². The second-order valence-corrected chi connectivity index (χ2v) is 9.46. The third kappa shape index (κ3) is 5.15. The van der Waals surface area contributed by atoms with E-state index in [1.54, 1.807) is 6.20 Å². The molecule has 5 rings (SSSR count). The number of H-pyrrole nitrogens is 1. The van der Waals surface area contributed by atoms with Crippen LogP contribution in [0, 0.1) is 0 Å². The van der Waals surface area contributed by atoms with Crippen molar-refractivity contribution in [3.8, 4) is 0 Å². The molecule has 4 heterocycles. The standard InChI is InChI=1S/C25H34N8O/c1-17(2)33-11-8-20(9-12-33)28-25-27-14-22-23(29-25)24(31-30-22)26-13-21(34)16-32-10-7-18-5-3-4-6-19(18)15-32/h3-6,14,20-21,34H,1,7-13,15-16H2,2H3,(H2,26,30,31)(H,27,28,29). The Morgan fingerprint density at radius 3 is 2.82 bits per heavy atom. The number of fused-ring (bicyclic) bond motifs is 2. The fourth-order valence-electron chi connectivity index (χ4n) is 4.88. The number of hydrogen-bond donors (Lipinski definition) is 4. The minimum atomic E-state index is -0.505. The van der Waals surface area contributed by atoms with Crippen LogP contribution >= 0.6 is 0 Å². The number of aliphatic hydroxyl groups is 1. The minimum Gasteiger partial charge on any atom is -0.390 e. The number of aromatic nitrogens is 4. The molecule has 0 radical (unpaired) electrons. The van der Waals surface area contributed by atoms with Crippen LogP contribution in [0.25, 0.3) is 11.0 Å². The van der Waals surface area contributed by atoms with Crippen molar-refractivity contribution in [2.24, 2.45) is 0 Å². The molecule has 0 spiro atoms. The Hall–Kier alpha value is -3.17. The molecule has 1 aromatic carbocycles. The van der Waals surface area contributed by atoms with Crippen molar-refractivity contribution in [1.29, 1.82) is 0 Å². The molecule has 34 heavy (non-hydrogen) atoms. The highest BCUT2D eigenvalue weighted by molar-refractivity contribution is 5.85. The summed E-state index contributed by atoms with van der Waals surface area (Å²) in [5.41, 5.74) is 5.40. The molecule has 0 amide bonds. The molecule has 1 saturated heterocycles. The van der Waals surface area contributed by atoms with Gasteiger partial charge >= 0.3 is 0 Å². The van der Waals surface area contributed by atoms with Gasteiger partial charge in [-0.15, -0.1) is 0 Å². The van der Waals surface area contributed by atoms with Crippen LogP contribution in [0.3, 0.4) is 0 Å².